The lowest BCUT2D eigenvalue weighted by Crippen LogP contribution is -2.26. The van der Waals surface area contributed by atoms with Gasteiger partial charge in [0.05, 0.1) is 5.92 Å². The second-order valence-electron chi connectivity index (χ2n) is 4.86. The van der Waals surface area contributed by atoms with Crippen LogP contribution >= 0.6 is 0 Å². The molecule has 2 unspecified atom stereocenters. The maximum atomic E-state index is 13.5. The Labute approximate surface area is 117 Å². The smallest absolute Gasteiger partial charge is 0.307 e. The van der Waals surface area contributed by atoms with Crippen molar-refractivity contribution in [2.24, 2.45) is 17.6 Å². The molecule has 3 nitrogen and oxygen atoms in total. The minimum Gasteiger partial charge on any atom is -0.481 e. The number of aliphatic carboxylic acids is 1. The Morgan fingerprint density at radius 1 is 1.05 bits per heavy atom. The Balaban J connectivity index is 3.01. The third-order valence-electron chi connectivity index (χ3n) is 3.17. The van der Waals surface area contributed by atoms with E-state index >= 15 is 0 Å². The molecule has 3 N–H and O–H groups in total. The van der Waals surface area contributed by atoms with Crippen LogP contribution in [-0.4, -0.2) is 17.6 Å². The van der Waals surface area contributed by atoms with Crippen molar-refractivity contribution in [1.29, 1.82) is 0 Å². The summed E-state index contributed by atoms with van der Waals surface area (Å²) in [5.74, 6) is -12.8. The van der Waals surface area contributed by atoms with Gasteiger partial charge >= 0.3 is 5.97 Å². The van der Waals surface area contributed by atoms with E-state index in [1.54, 1.807) is 0 Å². The Bertz CT molecular complexity index is 521. The number of hydrogen-bond donors (Lipinski definition) is 2. The van der Waals surface area contributed by atoms with Crippen LogP contribution in [0.2, 0.25) is 0 Å². The molecule has 1 aromatic rings. The molecule has 1 rings (SSSR count). The monoisotopic (exact) mass is 311 g/mol. The van der Waals surface area contributed by atoms with Gasteiger partial charge in [-0.05, 0) is 18.8 Å². The summed E-state index contributed by atoms with van der Waals surface area (Å²) in [7, 11) is 0. The lowest BCUT2D eigenvalue weighted by Gasteiger charge is -2.17. The van der Waals surface area contributed by atoms with Gasteiger partial charge in [0.2, 0.25) is 5.82 Å². The molecular formula is C13H14F5NO2. The molecule has 0 radical (unpaired) electrons. The number of carbonyl (C=O) groups is 1. The molecular weight excluding hydrogens is 297 g/mol. The summed E-state index contributed by atoms with van der Waals surface area (Å²) in [6.07, 6.45) is -0.513. The lowest BCUT2D eigenvalue weighted by atomic mass is 9.90. The predicted molar refractivity (Wildman–Crippen MR) is 63.9 cm³/mol. The number of hydrogen-bond acceptors (Lipinski definition) is 2. The van der Waals surface area contributed by atoms with E-state index in [1.165, 1.54) is 6.92 Å². The fourth-order valence-electron chi connectivity index (χ4n) is 2.04. The maximum absolute atomic E-state index is 13.5. The zero-order valence-electron chi connectivity index (χ0n) is 11.1. The maximum Gasteiger partial charge on any atom is 0.307 e. The van der Waals surface area contributed by atoms with Gasteiger partial charge in [-0.15, -0.1) is 0 Å². The highest BCUT2D eigenvalue weighted by Crippen LogP contribution is 2.26. The minimum absolute atomic E-state index is 0.0364. The summed E-state index contributed by atoms with van der Waals surface area (Å²) in [4.78, 5) is 10.8. The molecule has 0 aliphatic carbocycles. The van der Waals surface area contributed by atoms with E-state index in [9.17, 15) is 26.7 Å². The Morgan fingerprint density at radius 2 is 1.48 bits per heavy atom. The van der Waals surface area contributed by atoms with Gasteiger partial charge in [-0.1, -0.05) is 6.92 Å². The van der Waals surface area contributed by atoms with E-state index in [1.807, 2.05) is 0 Å². The van der Waals surface area contributed by atoms with Gasteiger partial charge in [-0.25, -0.2) is 22.0 Å². The van der Waals surface area contributed by atoms with E-state index in [2.05, 4.69) is 0 Å². The molecule has 0 bridgehead atoms. The van der Waals surface area contributed by atoms with Gasteiger partial charge in [0.1, 0.15) is 0 Å². The van der Waals surface area contributed by atoms with Crippen molar-refractivity contribution in [2.45, 2.75) is 19.8 Å². The topological polar surface area (TPSA) is 63.3 Å². The number of halogens is 5. The van der Waals surface area contributed by atoms with Crippen molar-refractivity contribution in [2.75, 3.05) is 6.54 Å². The quantitative estimate of drug-likeness (QED) is 0.482. The van der Waals surface area contributed by atoms with Gasteiger partial charge in [0.25, 0.3) is 0 Å². The largest absolute Gasteiger partial charge is 0.481 e. The first-order chi connectivity index (χ1) is 9.70. The zero-order chi connectivity index (χ0) is 16.3. The highest BCUT2D eigenvalue weighted by atomic mass is 19.2. The fraction of sp³-hybridized carbons (Fsp3) is 0.462. The average Bonchev–Trinajstić information content (AvgIpc) is 2.44. The molecule has 0 saturated carbocycles. The van der Waals surface area contributed by atoms with Crippen molar-refractivity contribution in [3.63, 3.8) is 0 Å². The van der Waals surface area contributed by atoms with Gasteiger partial charge in [-0.2, -0.15) is 0 Å². The molecule has 0 heterocycles. The van der Waals surface area contributed by atoms with Crippen LogP contribution in [0.15, 0.2) is 0 Å². The standard InChI is InChI=1S/C13H14F5NO2/c1-5(2-6(4-19)13(20)21)3-7-8(14)10(16)12(18)11(17)9(7)15/h5-6H,2-4,19H2,1H3,(H,20,21). The number of benzene rings is 1. The lowest BCUT2D eigenvalue weighted by molar-refractivity contribution is -0.141. The van der Waals surface area contributed by atoms with E-state index in [-0.39, 0.29) is 13.0 Å². The zero-order valence-corrected chi connectivity index (χ0v) is 11.1. The van der Waals surface area contributed by atoms with Crippen LogP contribution in [-0.2, 0) is 11.2 Å². The predicted octanol–water partition coefficient (Wildman–Crippen LogP) is 2.61. The Morgan fingerprint density at radius 3 is 1.86 bits per heavy atom. The fourth-order valence-corrected chi connectivity index (χ4v) is 2.04. The minimum atomic E-state index is -2.22. The molecule has 0 aliphatic rings. The molecule has 0 aliphatic heterocycles. The van der Waals surface area contributed by atoms with Crippen LogP contribution in [0.1, 0.15) is 18.9 Å². The second kappa shape index (κ2) is 6.84. The summed E-state index contributed by atoms with van der Waals surface area (Å²) in [5.41, 5.74) is 4.30. The molecule has 21 heavy (non-hydrogen) atoms. The molecule has 0 amide bonds. The molecule has 2 atom stereocenters. The summed E-state index contributed by atoms with van der Waals surface area (Å²) < 4.78 is 65.9. The van der Waals surface area contributed by atoms with Gasteiger partial charge < -0.3 is 10.8 Å². The molecule has 118 valence electrons. The Hall–Kier alpha value is -1.70. The Kier molecular flexibility index (Phi) is 5.65. The first kappa shape index (κ1) is 17.4. The molecule has 0 saturated heterocycles. The second-order valence-corrected chi connectivity index (χ2v) is 4.86. The SMILES string of the molecule is CC(Cc1c(F)c(F)c(F)c(F)c1F)CC(CN)C(=O)O. The molecule has 0 fully saturated rings. The van der Waals surface area contributed by atoms with Crippen LogP contribution in [0.3, 0.4) is 0 Å². The molecule has 0 aromatic heterocycles. The third kappa shape index (κ3) is 3.69. The summed E-state index contributed by atoms with van der Waals surface area (Å²) in [6, 6.07) is 0. The van der Waals surface area contributed by atoms with E-state index in [4.69, 9.17) is 10.8 Å². The van der Waals surface area contributed by atoms with Crippen LogP contribution in [0.25, 0.3) is 0 Å². The van der Waals surface area contributed by atoms with Gasteiger partial charge in [0, 0.05) is 12.1 Å². The summed E-state index contributed by atoms with van der Waals surface area (Å²) in [5, 5.41) is 8.82. The van der Waals surface area contributed by atoms with Crippen LogP contribution in [0.4, 0.5) is 22.0 Å². The van der Waals surface area contributed by atoms with Crippen molar-refractivity contribution in [1.82, 2.24) is 0 Å². The number of nitrogens with two attached hydrogens (primary N) is 1. The van der Waals surface area contributed by atoms with Crippen LogP contribution < -0.4 is 5.73 Å². The van der Waals surface area contributed by atoms with Crippen LogP contribution in [0, 0.1) is 40.9 Å². The van der Waals surface area contributed by atoms with E-state index < -0.39 is 58.9 Å². The molecule has 8 heteroatoms. The van der Waals surface area contributed by atoms with Crippen LogP contribution in [0.5, 0.6) is 0 Å². The van der Waals surface area contributed by atoms with Crippen molar-refractivity contribution in [3.05, 3.63) is 34.6 Å². The highest BCUT2D eigenvalue weighted by Gasteiger charge is 2.27. The first-order valence-electron chi connectivity index (χ1n) is 6.13. The van der Waals surface area contributed by atoms with E-state index in [0.29, 0.717) is 0 Å². The highest BCUT2D eigenvalue weighted by molar-refractivity contribution is 5.70. The molecule has 1 aromatic carbocycles. The summed E-state index contributed by atoms with van der Waals surface area (Å²) in [6.45, 7) is 1.26. The van der Waals surface area contributed by atoms with Crippen molar-refractivity contribution in [3.8, 4) is 0 Å². The number of carboxylic acids is 1. The molecule has 0 spiro atoms. The van der Waals surface area contributed by atoms with Gasteiger partial charge in [0.15, 0.2) is 23.3 Å². The summed E-state index contributed by atoms with van der Waals surface area (Å²) >= 11 is 0. The average molecular weight is 311 g/mol. The van der Waals surface area contributed by atoms with Gasteiger partial charge in [-0.3, -0.25) is 4.79 Å². The third-order valence-corrected chi connectivity index (χ3v) is 3.17. The van der Waals surface area contributed by atoms with Crippen molar-refractivity contribution >= 4 is 5.97 Å². The number of rotatable bonds is 6. The van der Waals surface area contributed by atoms with E-state index in [0.717, 1.165) is 0 Å². The number of carboxylic acid groups (broad SMARTS) is 1. The first-order valence-corrected chi connectivity index (χ1v) is 6.13. The normalized spacial score (nSPS) is 14.0. The van der Waals surface area contributed by atoms with Crippen molar-refractivity contribution < 1.29 is 31.9 Å².